The van der Waals surface area contributed by atoms with Crippen molar-refractivity contribution >= 4 is 35.4 Å². The number of ether oxygens (including phenoxy) is 4. The van der Waals surface area contributed by atoms with Gasteiger partial charge < -0.3 is 29.6 Å². The summed E-state index contributed by atoms with van der Waals surface area (Å²) in [4.78, 5) is 53.6. The lowest BCUT2D eigenvalue weighted by atomic mass is 9.92. The van der Waals surface area contributed by atoms with Crippen molar-refractivity contribution in [2.45, 2.75) is 84.3 Å². The van der Waals surface area contributed by atoms with E-state index in [2.05, 4.69) is 10.6 Å². The van der Waals surface area contributed by atoms with Crippen LogP contribution in [0.4, 0.5) is 0 Å². The molecular formula is C36H45ClN2O8. The summed E-state index contributed by atoms with van der Waals surface area (Å²) in [6.45, 7) is 8.92. The van der Waals surface area contributed by atoms with Crippen LogP contribution in [0.2, 0.25) is 5.02 Å². The molecule has 2 aliphatic heterocycles. The van der Waals surface area contributed by atoms with Gasteiger partial charge in [-0.2, -0.15) is 0 Å². The molecule has 0 radical (unpaired) electrons. The van der Waals surface area contributed by atoms with Crippen molar-refractivity contribution in [3.05, 3.63) is 76.8 Å². The number of carbonyl (C=O) groups excluding carboxylic acids is 4. The summed E-state index contributed by atoms with van der Waals surface area (Å²) in [5.41, 5.74) is 0.524. The molecule has 6 atom stereocenters. The Hall–Kier alpha value is -3.89. The summed E-state index contributed by atoms with van der Waals surface area (Å²) in [6, 6.07) is 13.9. The van der Waals surface area contributed by atoms with Gasteiger partial charge in [-0.15, -0.1) is 0 Å². The lowest BCUT2D eigenvalue weighted by Gasteiger charge is -2.29. The van der Waals surface area contributed by atoms with Gasteiger partial charge in [0, 0.05) is 25.3 Å². The number of hydrogen-bond acceptors (Lipinski definition) is 8. The number of halogens is 1. The van der Waals surface area contributed by atoms with E-state index in [1.54, 1.807) is 38.1 Å². The average molecular weight is 669 g/mol. The first-order chi connectivity index (χ1) is 22.3. The Morgan fingerprint density at radius 3 is 2.40 bits per heavy atom. The van der Waals surface area contributed by atoms with E-state index in [0.717, 1.165) is 5.56 Å². The van der Waals surface area contributed by atoms with Gasteiger partial charge in [0.25, 0.3) is 0 Å². The SMILES string of the molecule is COc1ccc(C[C@H]2NC(=O)/C=C/C[C@@H]([C@H](C)[C@H]3O[C@H]3c3ccccc3)OC(=O)[C@H](CC(C)C)OC(=O)C(C)(C)CNC2=O)cc1Cl. The highest BCUT2D eigenvalue weighted by molar-refractivity contribution is 6.32. The maximum atomic E-state index is 13.6. The minimum atomic E-state index is -1.20. The number of epoxide rings is 1. The second-order valence-electron chi connectivity index (χ2n) is 13.3. The molecule has 0 aromatic heterocycles. The van der Waals surface area contributed by atoms with E-state index in [9.17, 15) is 19.2 Å². The molecule has 2 heterocycles. The predicted molar refractivity (Wildman–Crippen MR) is 177 cm³/mol. The van der Waals surface area contributed by atoms with Crippen molar-refractivity contribution in [2.75, 3.05) is 13.7 Å². The highest BCUT2D eigenvalue weighted by Crippen LogP contribution is 2.45. The molecular weight excluding hydrogens is 624 g/mol. The zero-order valence-corrected chi connectivity index (χ0v) is 28.5. The van der Waals surface area contributed by atoms with Crippen molar-refractivity contribution in [3.8, 4) is 5.75 Å². The Labute approximate surface area is 281 Å². The van der Waals surface area contributed by atoms with E-state index in [-0.39, 0.29) is 49.9 Å². The standard InChI is InChI=1S/C36H45ClN2O8/c1-21(2)17-29-34(42)45-27(22(3)31-32(47-31)24-11-8-7-9-12-24)13-10-14-30(40)39-26(19-23-15-16-28(44-6)25(37)18-23)33(41)38-20-36(4,5)35(43)46-29/h7-12,14-16,18,21-22,26-27,29,31-32H,13,17,19-20H2,1-6H3,(H,38,41)(H,39,40)/b14-10+/t22-,26+,27-,29-,31+,32-/m0/s1. The smallest absolute Gasteiger partial charge is 0.347 e. The molecule has 0 bridgehead atoms. The van der Waals surface area contributed by atoms with Crippen molar-refractivity contribution in [1.82, 2.24) is 10.6 Å². The van der Waals surface area contributed by atoms with Crippen molar-refractivity contribution in [1.29, 1.82) is 0 Å². The van der Waals surface area contributed by atoms with Crippen LogP contribution in [0.15, 0.2) is 60.7 Å². The lowest BCUT2D eigenvalue weighted by molar-refractivity contribution is -0.179. The number of esters is 2. The first kappa shape index (κ1) is 36.0. The molecule has 0 saturated carbocycles. The lowest BCUT2D eigenvalue weighted by Crippen LogP contribution is -2.51. The summed E-state index contributed by atoms with van der Waals surface area (Å²) in [7, 11) is 1.51. The fourth-order valence-electron chi connectivity index (χ4n) is 5.46. The molecule has 11 heteroatoms. The summed E-state index contributed by atoms with van der Waals surface area (Å²) in [6.07, 6.45) is 1.34. The van der Waals surface area contributed by atoms with E-state index in [1.807, 2.05) is 51.1 Å². The first-order valence-corrected chi connectivity index (χ1v) is 16.4. The van der Waals surface area contributed by atoms with Gasteiger partial charge >= 0.3 is 11.9 Å². The van der Waals surface area contributed by atoms with Gasteiger partial charge in [0.05, 0.1) is 23.7 Å². The van der Waals surface area contributed by atoms with Crippen LogP contribution in [0.25, 0.3) is 0 Å². The molecule has 4 rings (SSSR count). The number of nitrogens with one attached hydrogen (secondary N) is 2. The molecule has 2 amide bonds. The second kappa shape index (κ2) is 15.8. The minimum Gasteiger partial charge on any atom is -0.495 e. The third kappa shape index (κ3) is 9.81. The van der Waals surface area contributed by atoms with Crippen LogP contribution in [0.3, 0.4) is 0 Å². The fourth-order valence-corrected chi connectivity index (χ4v) is 5.75. The molecule has 0 unspecified atom stereocenters. The maximum Gasteiger partial charge on any atom is 0.347 e. The Bertz CT molecular complexity index is 1460. The molecule has 0 spiro atoms. The number of cyclic esters (lactones) is 2. The summed E-state index contributed by atoms with van der Waals surface area (Å²) in [5.74, 6) is -2.06. The topological polar surface area (TPSA) is 133 Å². The zero-order chi connectivity index (χ0) is 34.3. The van der Waals surface area contributed by atoms with E-state index < -0.39 is 47.4 Å². The molecule has 2 N–H and O–H groups in total. The van der Waals surface area contributed by atoms with Gasteiger partial charge in [0.2, 0.25) is 11.8 Å². The Kier molecular flexibility index (Phi) is 12.1. The molecule has 47 heavy (non-hydrogen) atoms. The van der Waals surface area contributed by atoms with Crippen LogP contribution in [-0.4, -0.2) is 61.8 Å². The molecule has 1 fully saturated rings. The van der Waals surface area contributed by atoms with Crippen LogP contribution in [-0.2, 0) is 39.8 Å². The molecule has 0 aliphatic carbocycles. The number of benzene rings is 2. The summed E-state index contributed by atoms with van der Waals surface area (Å²) < 4.78 is 23.1. The summed E-state index contributed by atoms with van der Waals surface area (Å²) in [5, 5.41) is 5.91. The maximum absolute atomic E-state index is 13.6. The average Bonchev–Trinajstić information content (AvgIpc) is 3.83. The third-order valence-electron chi connectivity index (χ3n) is 8.41. The summed E-state index contributed by atoms with van der Waals surface area (Å²) >= 11 is 6.32. The van der Waals surface area contributed by atoms with E-state index >= 15 is 0 Å². The van der Waals surface area contributed by atoms with Crippen molar-refractivity contribution in [2.24, 2.45) is 17.3 Å². The molecule has 2 aliphatic rings. The van der Waals surface area contributed by atoms with Gasteiger partial charge in [-0.1, -0.05) is 74.8 Å². The van der Waals surface area contributed by atoms with E-state index in [1.165, 1.54) is 13.2 Å². The van der Waals surface area contributed by atoms with Crippen molar-refractivity contribution in [3.63, 3.8) is 0 Å². The number of carbonyl (C=O) groups is 4. The molecule has 2 aromatic carbocycles. The Morgan fingerprint density at radius 2 is 1.74 bits per heavy atom. The van der Waals surface area contributed by atoms with Gasteiger partial charge in [0.15, 0.2) is 6.10 Å². The number of methoxy groups -OCH3 is 1. The van der Waals surface area contributed by atoms with Gasteiger partial charge in [-0.05, 0) is 55.5 Å². The minimum absolute atomic E-state index is 0.0228. The van der Waals surface area contributed by atoms with Crippen LogP contribution in [0.1, 0.15) is 64.7 Å². The van der Waals surface area contributed by atoms with Crippen molar-refractivity contribution < 1.29 is 38.1 Å². The van der Waals surface area contributed by atoms with Crippen LogP contribution in [0.5, 0.6) is 5.75 Å². The van der Waals surface area contributed by atoms with Gasteiger partial charge in [0.1, 0.15) is 24.0 Å². The second-order valence-corrected chi connectivity index (χ2v) is 13.7. The number of amides is 2. The molecule has 1 saturated heterocycles. The molecule has 2 aromatic rings. The Morgan fingerprint density at radius 1 is 1.02 bits per heavy atom. The predicted octanol–water partition coefficient (Wildman–Crippen LogP) is 5.12. The van der Waals surface area contributed by atoms with E-state index in [4.69, 9.17) is 30.5 Å². The number of hydrogen-bond donors (Lipinski definition) is 2. The highest BCUT2D eigenvalue weighted by Gasteiger charge is 2.48. The molecule has 10 nitrogen and oxygen atoms in total. The quantitative estimate of drug-likeness (QED) is 0.293. The molecule has 254 valence electrons. The van der Waals surface area contributed by atoms with Crippen LogP contribution in [0, 0.1) is 17.3 Å². The normalized spacial score (nSPS) is 26.8. The largest absolute Gasteiger partial charge is 0.495 e. The first-order valence-electron chi connectivity index (χ1n) is 16.0. The zero-order valence-electron chi connectivity index (χ0n) is 27.8. The van der Waals surface area contributed by atoms with E-state index in [0.29, 0.717) is 16.3 Å². The highest BCUT2D eigenvalue weighted by atomic mass is 35.5. The van der Waals surface area contributed by atoms with Gasteiger partial charge in [-0.3, -0.25) is 14.4 Å². The monoisotopic (exact) mass is 668 g/mol. The Balaban J connectivity index is 1.61. The third-order valence-corrected chi connectivity index (χ3v) is 8.70. The van der Waals surface area contributed by atoms with Crippen LogP contribution >= 0.6 is 11.6 Å². The van der Waals surface area contributed by atoms with Gasteiger partial charge in [-0.25, -0.2) is 4.79 Å². The van der Waals surface area contributed by atoms with Crippen LogP contribution < -0.4 is 15.4 Å². The number of rotatable bonds is 8. The fraction of sp³-hybridized carbons (Fsp3) is 0.500.